The summed E-state index contributed by atoms with van der Waals surface area (Å²) >= 11 is 0. The second kappa shape index (κ2) is 7.17. The van der Waals surface area contributed by atoms with Crippen LogP contribution in [0.15, 0.2) is 42.5 Å². The fourth-order valence-corrected chi connectivity index (χ4v) is 2.91. The van der Waals surface area contributed by atoms with E-state index < -0.39 is 5.54 Å². The van der Waals surface area contributed by atoms with Crippen LogP contribution in [0.3, 0.4) is 0 Å². The summed E-state index contributed by atoms with van der Waals surface area (Å²) in [6.07, 6.45) is 9.10. The highest BCUT2D eigenvalue weighted by Gasteiger charge is 2.39. The molecular formula is C19H23NO2. The lowest BCUT2D eigenvalue weighted by Gasteiger charge is -2.44. The third-order valence-electron chi connectivity index (χ3n) is 4.42. The highest BCUT2D eigenvalue weighted by molar-refractivity contribution is 5.70. The van der Waals surface area contributed by atoms with Gasteiger partial charge < -0.3 is 4.74 Å². The third kappa shape index (κ3) is 3.51. The summed E-state index contributed by atoms with van der Waals surface area (Å²) in [6, 6.07) is 9.64. The molecule has 3 heteroatoms. The van der Waals surface area contributed by atoms with E-state index in [9.17, 15) is 4.79 Å². The maximum absolute atomic E-state index is 12.5. The van der Waals surface area contributed by atoms with Crippen LogP contribution in [0, 0.1) is 12.3 Å². The van der Waals surface area contributed by atoms with Crippen LogP contribution in [0.4, 0.5) is 4.79 Å². The van der Waals surface area contributed by atoms with Crippen molar-refractivity contribution in [1.82, 2.24) is 4.90 Å². The molecule has 22 heavy (non-hydrogen) atoms. The zero-order chi connectivity index (χ0) is 16.0. The van der Waals surface area contributed by atoms with Crippen molar-refractivity contribution in [1.29, 1.82) is 0 Å². The smallest absolute Gasteiger partial charge is 0.411 e. The van der Waals surface area contributed by atoms with E-state index in [0.29, 0.717) is 0 Å². The first-order valence-corrected chi connectivity index (χ1v) is 7.68. The van der Waals surface area contributed by atoms with Crippen LogP contribution in [0.1, 0.15) is 38.2 Å². The van der Waals surface area contributed by atoms with Gasteiger partial charge in [0.2, 0.25) is 0 Å². The second-order valence-electron chi connectivity index (χ2n) is 5.91. The van der Waals surface area contributed by atoms with E-state index in [-0.39, 0.29) is 19.2 Å². The van der Waals surface area contributed by atoms with E-state index in [0.717, 1.165) is 36.8 Å². The molecule has 1 saturated carbocycles. The highest BCUT2D eigenvalue weighted by atomic mass is 16.6. The van der Waals surface area contributed by atoms with Crippen LogP contribution in [0.2, 0.25) is 0 Å². The minimum atomic E-state index is -0.404. The van der Waals surface area contributed by atoms with Gasteiger partial charge in [-0.1, -0.05) is 54.8 Å². The first kappa shape index (κ1) is 16.2. The van der Waals surface area contributed by atoms with Crippen molar-refractivity contribution in [2.75, 3.05) is 6.54 Å². The van der Waals surface area contributed by atoms with E-state index in [4.69, 9.17) is 11.2 Å². The number of hydrogen-bond acceptors (Lipinski definition) is 2. The molecule has 1 aromatic carbocycles. The molecule has 0 bridgehead atoms. The summed E-state index contributed by atoms with van der Waals surface area (Å²) in [7, 11) is 0. The number of terminal acetylenes is 1. The summed E-state index contributed by atoms with van der Waals surface area (Å²) in [5.41, 5.74) is 1.62. The van der Waals surface area contributed by atoms with Gasteiger partial charge in [-0.2, -0.15) is 0 Å². The molecule has 0 saturated heterocycles. The minimum Gasteiger partial charge on any atom is -0.445 e. The van der Waals surface area contributed by atoms with E-state index in [1.807, 2.05) is 37.3 Å². The molecule has 0 spiro atoms. The summed E-state index contributed by atoms with van der Waals surface area (Å²) < 4.78 is 5.46. The lowest BCUT2D eigenvalue weighted by atomic mass is 9.78. The summed E-state index contributed by atoms with van der Waals surface area (Å²) in [5, 5.41) is 0. The van der Waals surface area contributed by atoms with Crippen molar-refractivity contribution in [2.45, 2.75) is 44.8 Å². The third-order valence-corrected chi connectivity index (χ3v) is 4.42. The van der Waals surface area contributed by atoms with Gasteiger partial charge in [0.05, 0.1) is 12.1 Å². The molecule has 1 aromatic rings. The lowest BCUT2D eigenvalue weighted by molar-refractivity contribution is 0.0613. The number of nitrogens with zero attached hydrogens (tertiary/aromatic N) is 1. The van der Waals surface area contributed by atoms with Crippen LogP contribution in [-0.2, 0) is 11.3 Å². The standard InChI is InChI=1S/C19H23NO2/c1-4-14-20(19(3)13-9-8-10-16(19)2)18(21)22-15-17-11-6-5-7-12-17/h1,5-7,11-12H,2,8-10,13-15H2,3H3/t19-/m1/s1. The van der Waals surface area contributed by atoms with Crippen LogP contribution in [-0.4, -0.2) is 23.1 Å². The Morgan fingerprint density at radius 2 is 2.14 bits per heavy atom. The molecule has 1 fully saturated rings. The molecule has 1 aliphatic rings. The predicted molar refractivity (Wildman–Crippen MR) is 88.2 cm³/mol. The number of carbonyl (C=O) groups excluding carboxylic acids is 1. The number of carbonyl (C=O) groups is 1. The van der Waals surface area contributed by atoms with Crippen molar-refractivity contribution in [3.63, 3.8) is 0 Å². The van der Waals surface area contributed by atoms with Crippen molar-refractivity contribution in [3.05, 3.63) is 48.0 Å². The first-order chi connectivity index (χ1) is 10.6. The Morgan fingerprint density at radius 3 is 2.77 bits per heavy atom. The Labute approximate surface area is 133 Å². The van der Waals surface area contributed by atoms with E-state index >= 15 is 0 Å². The van der Waals surface area contributed by atoms with Crippen molar-refractivity contribution in [2.24, 2.45) is 0 Å². The molecule has 0 aromatic heterocycles. The molecule has 0 heterocycles. The molecule has 0 unspecified atom stereocenters. The van der Waals surface area contributed by atoms with Crippen molar-refractivity contribution < 1.29 is 9.53 Å². The highest BCUT2D eigenvalue weighted by Crippen LogP contribution is 2.37. The zero-order valence-electron chi connectivity index (χ0n) is 13.2. The Balaban J connectivity index is 2.08. The fraction of sp³-hybridized carbons (Fsp3) is 0.421. The average molecular weight is 297 g/mol. The Hall–Kier alpha value is -2.21. The number of rotatable bonds is 4. The van der Waals surface area contributed by atoms with Gasteiger partial charge in [-0.25, -0.2) is 4.79 Å². The number of ether oxygens (including phenoxy) is 1. The van der Waals surface area contributed by atoms with Crippen molar-refractivity contribution >= 4 is 6.09 Å². The van der Waals surface area contributed by atoms with E-state index in [1.165, 1.54) is 0 Å². The normalized spacial score (nSPS) is 21.0. The molecule has 1 aliphatic carbocycles. The molecular weight excluding hydrogens is 274 g/mol. The van der Waals surface area contributed by atoms with Crippen molar-refractivity contribution in [3.8, 4) is 12.3 Å². The van der Waals surface area contributed by atoms with Crippen LogP contribution in [0.5, 0.6) is 0 Å². The monoisotopic (exact) mass is 297 g/mol. The van der Waals surface area contributed by atoms with E-state index in [2.05, 4.69) is 12.5 Å². The van der Waals surface area contributed by atoms with Gasteiger partial charge in [0, 0.05) is 0 Å². The number of hydrogen-bond donors (Lipinski definition) is 0. The number of benzene rings is 1. The number of amides is 1. The Morgan fingerprint density at radius 1 is 1.41 bits per heavy atom. The van der Waals surface area contributed by atoms with Crippen LogP contribution in [0.25, 0.3) is 0 Å². The van der Waals surface area contributed by atoms with Gasteiger partial charge in [-0.05, 0) is 31.7 Å². The predicted octanol–water partition coefficient (Wildman–Crippen LogP) is 4.15. The SMILES string of the molecule is C#CCN(C(=O)OCc1ccccc1)[C@]1(C)CCCCC1=C. The van der Waals surface area contributed by atoms with Gasteiger partial charge in [0.15, 0.2) is 0 Å². The summed E-state index contributed by atoms with van der Waals surface area (Å²) in [5.74, 6) is 2.57. The van der Waals surface area contributed by atoms with Gasteiger partial charge in [0.25, 0.3) is 0 Å². The fourth-order valence-electron chi connectivity index (χ4n) is 2.91. The molecule has 116 valence electrons. The molecule has 2 rings (SSSR count). The topological polar surface area (TPSA) is 29.5 Å². The van der Waals surface area contributed by atoms with E-state index in [1.54, 1.807) is 4.90 Å². The second-order valence-corrected chi connectivity index (χ2v) is 5.91. The summed E-state index contributed by atoms with van der Waals surface area (Å²) in [4.78, 5) is 14.2. The molecule has 3 nitrogen and oxygen atoms in total. The molecule has 1 amide bonds. The van der Waals surface area contributed by atoms with Gasteiger partial charge in [-0.3, -0.25) is 4.90 Å². The van der Waals surface area contributed by atoms with Gasteiger partial charge >= 0.3 is 6.09 Å². The first-order valence-electron chi connectivity index (χ1n) is 7.68. The average Bonchev–Trinajstić information content (AvgIpc) is 2.54. The largest absolute Gasteiger partial charge is 0.445 e. The molecule has 0 N–H and O–H groups in total. The van der Waals surface area contributed by atoms with Crippen LogP contribution >= 0.6 is 0 Å². The maximum Gasteiger partial charge on any atom is 0.411 e. The van der Waals surface area contributed by atoms with Gasteiger partial charge in [0.1, 0.15) is 6.61 Å². The summed E-state index contributed by atoms with van der Waals surface area (Å²) in [6.45, 7) is 6.68. The Bertz CT molecular complexity index is 573. The maximum atomic E-state index is 12.5. The minimum absolute atomic E-state index is 0.239. The van der Waals surface area contributed by atoms with Crippen LogP contribution < -0.4 is 0 Å². The molecule has 0 aliphatic heterocycles. The molecule has 0 radical (unpaired) electrons. The quantitative estimate of drug-likeness (QED) is 0.617. The zero-order valence-corrected chi connectivity index (χ0v) is 13.2. The molecule has 1 atom stereocenters. The lowest BCUT2D eigenvalue weighted by Crippen LogP contribution is -2.52. The Kier molecular flexibility index (Phi) is 5.27. The van der Waals surface area contributed by atoms with Gasteiger partial charge in [-0.15, -0.1) is 6.42 Å².